The number of sulfonamides is 1. The average molecular weight is 489 g/mol. The van der Waals surface area contributed by atoms with E-state index in [-0.39, 0.29) is 29.6 Å². The van der Waals surface area contributed by atoms with Gasteiger partial charge in [0, 0.05) is 37.9 Å². The Kier molecular flexibility index (Phi) is 6.78. The molecule has 0 saturated carbocycles. The second kappa shape index (κ2) is 9.59. The molecule has 0 aliphatic carbocycles. The third-order valence-electron chi connectivity index (χ3n) is 5.50. The lowest BCUT2D eigenvalue weighted by Gasteiger charge is -2.34. The summed E-state index contributed by atoms with van der Waals surface area (Å²) in [6.07, 6.45) is 0. The van der Waals surface area contributed by atoms with Crippen molar-refractivity contribution in [3.8, 4) is 17.6 Å². The summed E-state index contributed by atoms with van der Waals surface area (Å²) in [6.45, 7) is 5.52. The van der Waals surface area contributed by atoms with Gasteiger partial charge in [0.2, 0.25) is 15.9 Å². The number of aromatic nitrogens is 1. The molecule has 2 aromatic rings. The van der Waals surface area contributed by atoms with Gasteiger partial charge in [0.05, 0.1) is 16.2 Å². The standard InChI is InChI=1S/C22H24N4O5S2/c1-15-11-16(2)24-22(18(15)13-23)32-14-21(27)25-5-7-26(8-6-25)33(28,29)17-3-4-19-20(12-17)31-10-9-30-19/h3-4,11-12H,5-10,14H2,1-2H3. The van der Waals surface area contributed by atoms with Crippen molar-refractivity contribution in [2.45, 2.75) is 23.8 Å². The van der Waals surface area contributed by atoms with Gasteiger partial charge in [0.15, 0.2) is 11.5 Å². The Morgan fingerprint density at radius 1 is 1.12 bits per heavy atom. The maximum Gasteiger partial charge on any atom is 0.243 e. The highest BCUT2D eigenvalue weighted by atomic mass is 32.2. The van der Waals surface area contributed by atoms with Crippen LogP contribution in [0, 0.1) is 25.2 Å². The third kappa shape index (κ3) is 4.93. The first-order chi connectivity index (χ1) is 15.8. The molecule has 9 nitrogen and oxygen atoms in total. The van der Waals surface area contributed by atoms with Gasteiger partial charge >= 0.3 is 0 Å². The number of fused-ring (bicyclic) bond motifs is 1. The van der Waals surface area contributed by atoms with Crippen molar-refractivity contribution in [1.82, 2.24) is 14.2 Å². The van der Waals surface area contributed by atoms with Crippen LogP contribution in [0.4, 0.5) is 0 Å². The molecule has 11 heteroatoms. The van der Waals surface area contributed by atoms with E-state index >= 15 is 0 Å². The number of rotatable bonds is 5. The SMILES string of the molecule is Cc1cc(C)c(C#N)c(SCC(=O)N2CCN(S(=O)(=O)c3ccc4c(c3)OCCO4)CC2)n1. The molecule has 2 aliphatic heterocycles. The first kappa shape index (κ1) is 23.4. The van der Waals surface area contributed by atoms with Gasteiger partial charge in [0.25, 0.3) is 0 Å². The van der Waals surface area contributed by atoms with Gasteiger partial charge in [-0.2, -0.15) is 9.57 Å². The molecule has 3 heterocycles. The van der Waals surface area contributed by atoms with E-state index in [9.17, 15) is 18.5 Å². The van der Waals surface area contributed by atoms with Crippen LogP contribution in [0.3, 0.4) is 0 Å². The molecule has 1 aromatic heterocycles. The van der Waals surface area contributed by atoms with Crippen molar-refractivity contribution in [2.75, 3.05) is 45.1 Å². The minimum atomic E-state index is -3.71. The Hall–Kier alpha value is -2.81. The van der Waals surface area contributed by atoms with E-state index in [2.05, 4.69) is 11.1 Å². The highest BCUT2D eigenvalue weighted by molar-refractivity contribution is 8.00. The van der Waals surface area contributed by atoms with Crippen LogP contribution in [0.5, 0.6) is 11.5 Å². The third-order valence-corrected chi connectivity index (χ3v) is 8.35. The summed E-state index contributed by atoms with van der Waals surface area (Å²) in [4.78, 5) is 18.9. The predicted octanol–water partition coefficient (Wildman–Crippen LogP) is 1.97. The molecule has 1 amide bonds. The number of hydrogen-bond donors (Lipinski definition) is 0. The van der Waals surface area contributed by atoms with Gasteiger partial charge < -0.3 is 14.4 Å². The van der Waals surface area contributed by atoms with Crippen LogP contribution < -0.4 is 9.47 Å². The number of benzene rings is 1. The van der Waals surface area contributed by atoms with Gasteiger partial charge in [-0.1, -0.05) is 11.8 Å². The molecular weight excluding hydrogens is 464 g/mol. The highest BCUT2D eigenvalue weighted by Gasteiger charge is 2.31. The molecule has 0 atom stereocenters. The maximum absolute atomic E-state index is 13.1. The van der Waals surface area contributed by atoms with Crippen molar-refractivity contribution < 1.29 is 22.7 Å². The Balaban J connectivity index is 1.37. The number of piperazine rings is 1. The zero-order valence-electron chi connectivity index (χ0n) is 18.4. The van der Waals surface area contributed by atoms with E-state index in [1.165, 1.54) is 28.2 Å². The number of hydrogen-bond acceptors (Lipinski definition) is 8. The Morgan fingerprint density at radius 3 is 2.52 bits per heavy atom. The Labute approximate surface area is 197 Å². The monoisotopic (exact) mass is 488 g/mol. The summed E-state index contributed by atoms with van der Waals surface area (Å²) < 4.78 is 38.5. The largest absolute Gasteiger partial charge is 0.486 e. The fourth-order valence-electron chi connectivity index (χ4n) is 3.78. The second-order valence-electron chi connectivity index (χ2n) is 7.75. The Bertz CT molecular complexity index is 1220. The van der Waals surface area contributed by atoms with E-state index < -0.39 is 10.0 Å². The van der Waals surface area contributed by atoms with Crippen LogP contribution >= 0.6 is 11.8 Å². The fraction of sp³-hybridized carbons (Fsp3) is 0.409. The van der Waals surface area contributed by atoms with Crippen LogP contribution in [0.15, 0.2) is 34.2 Å². The van der Waals surface area contributed by atoms with Gasteiger partial charge in [-0.3, -0.25) is 4.79 Å². The zero-order valence-corrected chi connectivity index (χ0v) is 20.0. The van der Waals surface area contributed by atoms with Crippen LogP contribution in [-0.2, 0) is 14.8 Å². The highest BCUT2D eigenvalue weighted by Crippen LogP contribution is 2.33. The summed E-state index contributed by atoms with van der Waals surface area (Å²) in [5, 5.41) is 9.94. The van der Waals surface area contributed by atoms with Crippen molar-refractivity contribution in [1.29, 1.82) is 5.26 Å². The predicted molar refractivity (Wildman–Crippen MR) is 122 cm³/mol. The number of amides is 1. The summed E-state index contributed by atoms with van der Waals surface area (Å²) in [5.41, 5.74) is 2.10. The van der Waals surface area contributed by atoms with E-state index in [1.807, 2.05) is 19.9 Å². The number of ether oxygens (including phenoxy) is 2. The summed E-state index contributed by atoms with van der Waals surface area (Å²) in [5.74, 6) is 0.983. The first-order valence-corrected chi connectivity index (χ1v) is 12.9. The van der Waals surface area contributed by atoms with Crippen LogP contribution in [-0.4, -0.2) is 73.7 Å². The molecule has 0 spiro atoms. The van der Waals surface area contributed by atoms with Crippen molar-refractivity contribution in [3.05, 3.63) is 41.1 Å². The molecule has 1 fully saturated rings. The lowest BCUT2D eigenvalue weighted by Crippen LogP contribution is -2.51. The molecule has 0 bridgehead atoms. The lowest BCUT2D eigenvalue weighted by atomic mass is 10.1. The van der Waals surface area contributed by atoms with Crippen molar-refractivity contribution in [3.63, 3.8) is 0 Å². The number of aryl methyl sites for hydroxylation is 2. The Morgan fingerprint density at radius 2 is 1.82 bits per heavy atom. The number of nitriles is 1. The summed E-state index contributed by atoms with van der Waals surface area (Å²) >= 11 is 1.24. The molecule has 1 aromatic carbocycles. The summed E-state index contributed by atoms with van der Waals surface area (Å²) in [7, 11) is -3.71. The van der Waals surface area contributed by atoms with E-state index in [4.69, 9.17) is 9.47 Å². The quantitative estimate of drug-likeness (QED) is 0.587. The van der Waals surface area contributed by atoms with Crippen molar-refractivity contribution in [2.24, 2.45) is 0 Å². The van der Waals surface area contributed by atoms with Gasteiger partial charge in [-0.25, -0.2) is 13.4 Å². The van der Waals surface area contributed by atoms with Gasteiger partial charge in [0.1, 0.15) is 24.3 Å². The smallest absolute Gasteiger partial charge is 0.243 e. The molecular formula is C22H24N4O5S2. The fourth-order valence-corrected chi connectivity index (χ4v) is 6.22. The molecule has 1 saturated heterocycles. The van der Waals surface area contributed by atoms with E-state index in [1.54, 1.807) is 11.0 Å². The lowest BCUT2D eigenvalue weighted by molar-refractivity contribution is -0.129. The van der Waals surface area contributed by atoms with Crippen LogP contribution in [0.2, 0.25) is 0 Å². The number of carbonyl (C=O) groups excluding carboxylic acids is 1. The van der Waals surface area contributed by atoms with E-state index in [0.717, 1.165) is 11.3 Å². The normalized spacial score (nSPS) is 16.3. The zero-order chi connectivity index (χ0) is 23.6. The molecule has 33 heavy (non-hydrogen) atoms. The minimum Gasteiger partial charge on any atom is -0.486 e. The molecule has 2 aliphatic rings. The van der Waals surface area contributed by atoms with Gasteiger partial charge in [-0.15, -0.1) is 0 Å². The maximum atomic E-state index is 13.1. The number of carbonyl (C=O) groups is 1. The summed E-state index contributed by atoms with van der Waals surface area (Å²) in [6, 6.07) is 8.60. The molecule has 0 N–H and O–H groups in total. The second-order valence-corrected chi connectivity index (χ2v) is 10.7. The molecule has 174 valence electrons. The van der Waals surface area contributed by atoms with Crippen molar-refractivity contribution >= 4 is 27.7 Å². The minimum absolute atomic E-state index is 0.110. The topological polar surface area (TPSA) is 113 Å². The molecule has 0 radical (unpaired) electrons. The van der Waals surface area contributed by atoms with Crippen LogP contribution in [0.25, 0.3) is 0 Å². The van der Waals surface area contributed by atoms with E-state index in [0.29, 0.717) is 48.4 Å². The number of thioether (sulfide) groups is 1. The molecule has 0 unspecified atom stereocenters. The number of nitrogens with zero attached hydrogens (tertiary/aromatic N) is 4. The van der Waals surface area contributed by atoms with Crippen LogP contribution in [0.1, 0.15) is 16.8 Å². The number of pyridine rings is 1. The average Bonchev–Trinajstić information content (AvgIpc) is 2.82. The molecule has 4 rings (SSSR count). The first-order valence-electron chi connectivity index (χ1n) is 10.5. The van der Waals surface area contributed by atoms with Gasteiger partial charge in [-0.05, 0) is 37.6 Å².